The number of piperazine rings is 1. The van der Waals surface area contributed by atoms with Crippen LogP contribution in [0.25, 0.3) is 0 Å². The first kappa shape index (κ1) is 14.3. The quantitative estimate of drug-likeness (QED) is 0.829. The van der Waals surface area contributed by atoms with Gasteiger partial charge in [-0.15, -0.1) is 0 Å². The van der Waals surface area contributed by atoms with Crippen LogP contribution in [-0.2, 0) is 0 Å². The van der Waals surface area contributed by atoms with Gasteiger partial charge in [0.05, 0.1) is 0 Å². The Balaban J connectivity index is 1.99. The predicted molar refractivity (Wildman–Crippen MR) is 78.8 cm³/mol. The van der Waals surface area contributed by atoms with Gasteiger partial charge in [-0.25, -0.2) is 0 Å². The summed E-state index contributed by atoms with van der Waals surface area (Å²) in [4.78, 5) is 2.86. The summed E-state index contributed by atoms with van der Waals surface area (Å²) < 4.78 is 0. The Hall–Kier alpha value is -0.0800. The SMILES string of the molecule is CC(C)CC1CNC(C)CN1C1CCCC(C)C1. The second-order valence-electron chi connectivity index (χ2n) is 7.22. The number of hydrogen-bond acceptors (Lipinski definition) is 2. The van der Waals surface area contributed by atoms with E-state index in [-0.39, 0.29) is 0 Å². The van der Waals surface area contributed by atoms with Gasteiger partial charge in [-0.2, -0.15) is 0 Å². The van der Waals surface area contributed by atoms with E-state index in [4.69, 9.17) is 0 Å². The van der Waals surface area contributed by atoms with Crippen molar-refractivity contribution in [2.45, 2.75) is 77.9 Å². The Morgan fingerprint density at radius 1 is 1.22 bits per heavy atom. The fourth-order valence-corrected chi connectivity index (χ4v) is 3.90. The van der Waals surface area contributed by atoms with Crippen molar-refractivity contribution < 1.29 is 0 Å². The van der Waals surface area contributed by atoms with Gasteiger partial charge >= 0.3 is 0 Å². The second-order valence-corrected chi connectivity index (χ2v) is 7.22. The highest BCUT2D eigenvalue weighted by Crippen LogP contribution is 2.30. The zero-order chi connectivity index (χ0) is 13.1. The molecule has 0 aromatic rings. The van der Waals surface area contributed by atoms with Crippen molar-refractivity contribution in [3.63, 3.8) is 0 Å². The average Bonchev–Trinajstić information content (AvgIpc) is 2.31. The van der Waals surface area contributed by atoms with Crippen LogP contribution in [0.15, 0.2) is 0 Å². The summed E-state index contributed by atoms with van der Waals surface area (Å²) in [7, 11) is 0. The molecule has 2 nitrogen and oxygen atoms in total. The van der Waals surface area contributed by atoms with Crippen LogP contribution < -0.4 is 5.32 Å². The highest BCUT2D eigenvalue weighted by molar-refractivity contribution is 4.90. The average molecular weight is 252 g/mol. The Morgan fingerprint density at radius 3 is 2.67 bits per heavy atom. The third-order valence-electron chi connectivity index (χ3n) is 4.78. The molecule has 2 aliphatic rings. The molecule has 1 aliphatic carbocycles. The van der Waals surface area contributed by atoms with Gasteiger partial charge in [0, 0.05) is 31.2 Å². The van der Waals surface area contributed by atoms with Crippen LogP contribution in [0.1, 0.15) is 59.8 Å². The predicted octanol–water partition coefficient (Wildman–Crippen LogP) is 3.27. The molecule has 0 amide bonds. The largest absolute Gasteiger partial charge is 0.311 e. The maximum absolute atomic E-state index is 3.68. The summed E-state index contributed by atoms with van der Waals surface area (Å²) in [5, 5.41) is 3.68. The number of hydrogen-bond donors (Lipinski definition) is 1. The van der Waals surface area contributed by atoms with E-state index >= 15 is 0 Å². The molecule has 0 aromatic heterocycles. The minimum Gasteiger partial charge on any atom is -0.311 e. The molecule has 0 radical (unpaired) electrons. The normalized spacial score (nSPS) is 39.2. The molecule has 2 heteroatoms. The molecular weight excluding hydrogens is 220 g/mol. The first-order valence-corrected chi connectivity index (χ1v) is 8.05. The lowest BCUT2D eigenvalue weighted by molar-refractivity contribution is 0.0447. The van der Waals surface area contributed by atoms with Gasteiger partial charge in [0.2, 0.25) is 0 Å². The minimum absolute atomic E-state index is 0.672. The van der Waals surface area contributed by atoms with E-state index in [9.17, 15) is 0 Å². The van der Waals surface area contributed by atoms with Crippen molar-refractivity contribution in [2.24, 2.45) is 11.8 Å². The van der Waals surface area contributed by atoms with Crippen molar-refractivity contribution in [3.05, 3.63) is 0 Å². The third-order valence-corrected chi connectivity index (χ3v) is 4.78. The molecule has 1 heterocycles. The lowest BCUT2D eigenvalue weighted by atomic mass is 9.84. The molecule has 1 N–H and O–H groups in total. The van der Waals surface area contributed by atoms with Crippen LogP contribution in [0.3, 0.4) is 0 Å². The summed E-state index contributed by atoms with van der Waals surface area (Å²) in [5.74, 6) is 1.75. The van der Waals surface area contributed by atoms with Crippen LogP contribution in [0.5, 0.6) is 0 Å². The van der Waals surface area contributed by atoms with Gasteiger partial charge in [-0.3, -0.25) is 4.90 Å². The highest BCUT2D eigenvalue weighted by Gasteiger charge is 2.33. The van der Waals surface area contributed by atoms with Gasteiger partial charge in [-0.05, 0) is 38.0 Å². The van der Waals surface area contributed by atoms with Crippen molar-refractivity contribution in [1.82, 2.24) is 10.2 Å². The maximum atomic E-state index is 3.68. The standard InChI is InChI=1S/C16H32N2/c1-12(2)8-16-10-17-14(4)11-18(16)15-7-5-6-13(3)9-15/h12-17H,5-11H2,1-4H3. The number of rotatable bonds is 3. The first-order chi connectivity index (χ1) is 8.56. The van der Waals surface area contributed by atoms with Crippen molar-refractivity contribution >= 4 is 0 Å². The fraction of sp³-hybridized carbons (Fsp3) is 1.00. The van der Waals surface area contributed by atoms with Crippen molar-refractivity contribution in [3.8, 4) is 0 Å². The molecule has 0 spiro atoms. The van der Waals surface area contributed by atoms with E-state index in [2.05, 4.69) is 37.9 Å². The molecule has 1 saturated heterocycles. The molecule has 106 valence electrons. The Morgan fingerprint density at radius 2 is 2.00 bits per heavy atom. The first-order valence-electron chi connectivity index (χ1n) is 8.05. The van der Waals surface area contributed by atoms with Gasteiger partial charge in [0.25, 0.3) is 0 Å². The molecule has 0 aromatic carbocycles. The lowest BCUT2D eigenvalue weighted by Gasteiger charge is -2.46. The van der Waals surface area contributed by atoms with Crippen LogP contribution >= 0.6 is 0 Å². The van der Waals surface area contributed by atoms with Crippen LogP contribution in [0.4, 0.5) is 0 Å². The third kappa shape index (κ3) is 3.71. The smallest absolute Gasteiger partial charge is 0.0226 e. The second kappa shape index (κ2) is 6.38. The van der Waals surface area contributed by atoms with Gasteiger partial charge < -0.3 is 5.32 Å². The van der Waals surface area contributed by atoms with Crippen LogP contribution in [0.2, 0.25) is 0 Å². The van der Waals surface area contributed by atoms with E-state index in [0.717, 1.165) is 23.9 Å². The van der Waals surface area contributed by atoms with Crippen molar-refractivity contribution in [2.75, 3.05) is 13.1 Å². The monoisotopic (exact) mass is 252 g/mol. The van der Waals surface area contributed by atoms with E-state index < -0.39 is 0 Å². The molecular formula is C16H32N2. The zero-order valence-corrected chi connectivity index (χ0v) is 12.8. The van der Waals surface area contributed by atoms with Crippen molar-refractivity contribution in [1.29, 1.82) is 0 Å². The topological polar surface area (TPSA) is 15.3 Å². The van der Waals surface area contributed by atoms with E-state index in [1.54, 1.807) is 0 Å². The lowest BCUT2D eigenvalue weighted by Crippen LogP contribution is -2.59. The summed E-state index contributed by atoms with van der Waals surface area (Å²) in [6, 6.07) is 2.31. The minimum atomic E-state index is 0.672. The Labute approximate surface area is 114 Å². The van der Waals surface area contributed by atoms with E-state index in [1.807, 2.05) is 0 Å². The van der Waals surface area contributed by atoms with E-state index in [1.165, 1.54) is 45.2 Å². The molecule has 1 saturated carbocycles. The summed E-state index contributed by atoms with van der Waals surface area (Å²) in [6.45, 7) is 12.0. The van der Waals surface area contributed by atoms with Gasteiger partial charge in [0.1, 0.15) is 0 Å². The maximum Gasteiger partial charge on any atom is 0.0226 e. The zero-order valence-electron chi connectivity index (χ0n) is 12.8. The van der Waals surface area contributed by atoms with Gasteiger partial charge in [-0.1, -0.05) is 33.6 Å². The summed E-state index contributed by atoms with van der Waals surface area (Å²) in [6.07, 6.45) is 7.11. The molecule has 18 heavy (non-hydrogen) atoms. The highest BCUT2D eigenvalue weighted by atomic mass is 15.3. The van der Waals surface area contributed by atoms with Crippen LogP contribution in [-0.4, -0.2) is 36.1 Å². The molecule has 2 fully saturated rings. The molecule has 4 unspecified atom stereocenters. The molecule has 1 aliphatic heterocycles. The van der Waals surface area contributed by atoms with Crippen LogP contribution in [0, 0.1) is 11.8 Å². The van der Waals surface area contributed by atoms with Gasteiger partial charge in [0.15, 0.2) is 0 Å². The fourth-order valence-electron chi connectivity index (χ4n) is 3.90. The summed E-state index contributed by atoms with van der Waals surface area (Å²) >= 11 is 0. The number of nitrogens with one attached hydrogen (secondary N) is 1. The molecule has 2 rings (SSSR count). The number of nitrogens with zero attached hydrogens (tertiary/aromatic N) is 1. The Kier molecular flexibility index (Phi) is 5.08. The molecule has 4 atom stereocenters. The van der Waals surface area contributed by atoms with E-state index in [0.29, 0.717) is 6.04 Å². The Bertz CT molecular complexity index is 247. The molecule has 0 bridgehead atoms. The summed E-state index contributed by atoms with van der Waals surface area (Å²) in [5.41, 5.74) is 0.